The number of rotatable bonds is 6. The van der Waals surface area contributed by atoms with Crippen molar-refractivity contribution in [2.75, 3.05) is 0 Å². The normalized spacial score (nSPS) is 33.6. The van der Waals surface area contributed by atoms with Crippen LogP contribution in [0.5, 0.6) is 0 Å². The highest BCUT2D eigenvalue weighted by Crippen LogP contribution is 2.43. The molecule has 148 valence electrons. The molecule has 0 saturated heterocycles. The Morgan fingerprint density at radius 2 is 1.30 bits per heavy atom. The second-order valence-electron chi connectivity index (χ2n) is 7.93. The van der Waals surface area contributed by atoms with E-state index < -0.39 is 22.8 Å². The molecule has 0 bridgehead atoms. The van der Waals surface area contributed by atoms with Crippen molar-refractivity contribution in [1.82, 2.24) is 0 Å². The van der Waals surface area contributed by atoms with E-state index >= 15 is 0 Å². The zero-order valence-corrected chi connectivity index (χ0v) is 17.2. The first kappa shape index (κ1) is 21.4. The van der Waals surface area contributed by atoms with Crippen LogP contribution in [0.25, 0.3) is 0 Å². The van der Waals surface area contributed by atoms with Gasteiger partial charge in [0.1, 0.15) is 10.8 Å². The van der Waals surface area contributed by atoms with Gasteiger partial charge in [0.25, 0.3) is 0 Å². The molecule has 0 radical (unpaired) electrons. The van der Waals surface area contributed by atoms with E-state index in [1.54, 1.807) is 0 Å². The Labute approximate surface area is 164 Å². The molecule has 0 aromatic carbocycles. The Kier molecular flexibility index (Phi) is 7.41. The van der Waals surface area contributed by atoms with E-state index in [-0.39, 0.29) is 11.8 Å². The number of hydrogen-bond donors (Lipinski definition) is 0. The molecule has 2 aliphatic rings. The molecular formula is C24H34O3. The SMILES string of the molecule is CCC=CC1(C(=O)OC(=O)C2(C=CCC)C=CCCC2C)C=CCCC1C. The first-order valence-electron chi connectivity index (χ1n) is 10.4. The molecule has 27 heavy (non-hydrogen) atoms. The van der Waals surface area contributed by atoms with Gasteiger partial charge in [-0.3, -0.25) is 9.59 Å². The van der Waals surface area contributed by atoms with Crippen LogP contribution in [0.15, 0.2) is 48.6 Å². The summed E-state index contributed by atoms with van der Waals surface area (Å²) in [6, 6.07) is 0. The topological polar surface area (TPSA) is 43.4 Å². The summed E-state index contributed by atoms with van der Waals surface area (Å²) in [5.41, 5.74) is -1.69. The highest BCUT2D eigenvalue weighted by Gasteiger charge is 2.47. The number of esters is 2. The van der Waals surface area contributed by atoms with Gasteiger partial charge in [-0.15, -0.1) is 0 Å². The Balaban J connectivity index is 2.34. The molecule has 0 aromatic heterocycles. The minimum absolute atomic E-state index is 0.104. The van der Waals surface area contributed by atoms with Crippen LogP contribution in [0, 0.1) is 22.7 Å². The van der Waals surface area contributed by atoms with Gasteiger partial charge < -0.3 is 4.74 Å². The predicted molar refractivity (Wildman–Crippen MR) is 110 cm³/mol. The predicted octanol–water partition coefficient (Wildman–Crippen LogP) is 5.93. The van der Waals surface area contributed by atoms with Crippen molar-refractivity contribution in [3.05, 3.63) is 48.6 Å². The third kappa shape index (κ3) is 4.34. The maximum atomic E-state index is 13.2. The zero-order chi connectivity index (χ0) is 19.9. The average Bonchev–Trinajstić information content (AvgIpc) is 2.67. The van der Waals surface area contributed by atoms with E-state index in [2.05, 4.69) is 13.8 Å². The summed E-state index contributed by atoms with van der Waals surface area (Å²) in [6.45, 7) is 8.20. The van der Waals surface area contributed by atoms with Crippen LogP contribution in [0.1, 0.15) is 66.2 Å². The van der Waals surface area contributed by atoms with E-state index in [1.165, 1.54) is 0 Å². The number of carbonyl (C=O) groups excluding carboxylic acids is 2. The van der Waals surface area contributed by atoms with Gasteiger partial charge in [0.15, 0.2) is 0 Å². The van der Waals surface area contributed by atoms with Crippen LogP contribution in [0.4, 0.5) is 0 Å². The Hall–Kier alpha value is -1.90. The van der Waals surface area contributed by atoms with Crippen LogP contribution < -0.4 is 0 Å². The summed E-state index contributed by atoms with van der Waals surface area (Å²) >= 11 is 0. The quantitative estimate of drug-likeness (QED) is 0.330. The molecule has 4 atom stereocenters. The van der Waals surface area contributed by atoms with Crippen LogP contribution in [0.2, 0.25) is 0 Å². The Morgan fingerprint density at radius 1 is 0.889 bits per heavy atom. The Morgan fingerprint density at radius 3 is 1.63 bits per heavy atom. The van der Waals surface area contributed by atoms with Crippen molar-refractivity contribution in [2.45, 2.75) is 66.2 Å². The lowest BCUT2D eigenvalue weighted by atomic mass is 9.69. The number of hydrogen-bond acceptors (Lipinski definition) is 3. The lowest BCUT2D eigenvalue weighted by Crippen LogP contribution is -2.43. The van der Waals surface area contributed by atoms with Gasteiger partial charge in [0.05, 0.1) is 0 Å². The average molecular weight is 371 g/mol. The van der Waals surface area contributed by atoms with Gasteiger partial charge in [-0.1, -0.05) is 76.3 Å². The zero-order valence-electron chi connectivity index (χ0n) is 17.2. The minimum Gasteiger partial charge on any atom is -0.391 e. The fourth-order valence-corrected chi connectivity index (χ4v) is 4.06. The molecule has 2 aliphatic carbocycles. The van der Waals surface area contributed by atoms with Crippen molar-refractivity contribution in [3.63, 3.8) is 0 Å². The van der Waals surface area contributed by atoms with Crippen LogP contribution in [-0.2, 0) is 14.3 Å². The van der Waals surface area contributed by atoms with E-state index in [9.17, 15) is 9.59 Å². The molecular weight excluding hydrogens is 336 g/mol. The van der Waals surface area contributed by atoms with Crippen LogP contribution >= 0.6 is 0 Å². The molecule has 0 spiro atoms. The van der Waals surface area contributed by atoms with Crippen molar-refractivity contribution >= 4 is 11.9 Å². The summed E-state index contributed by atoms with van der Waals surface area (Å²) in [4.78, 5) is 26.4. The number of carbonyl (C=O) groups is 2. The van der Waals surface area contributed by atoms with Gasteiger partial charge in [-0.25, -0.2) is 0 Å². The molecule has 0 saturated carbocycles. The molecule has 4 unspecified atom stereocenters. The van der Waals surface area contributed by atoms with E-state index in [0.717, 1.165) is 38.5 Å². The summed E-state index contributed by atoms with van der Waals surface area (Å²) in [5.74, 6) is -0.689. The molecule has 0 N–H and O–H groups in total. The van der Waals surface area contributed by atoms with Gasteiger partial charge in [-0.2, -0.15) is 0 Å². The molecule has 3 heteroatoms. The highest BCUT2D eigenvalue weighted by molar-refractivity contribution is 5.95. The third-order valence-electron chi connectivity index (χ3n) is 6.10. The molecule has 0 amide bonds. The lowest BCUT2D eigenvalue weighted by Gasteiger charge is -2.37. The molecule has 0 aliphatic heterocycles. The molecule has 0 heterocycles. The molecule has 0 fully saturated rings. The fraction of sp³-hybridized carbons (Fsp3) is 0.583. The number of ether oxygens (including phenoxy) is 1. The smallest absolute Gasteiger partial charge is 0.327 e. The van der Waals surface area contributed by atoms with Gasteiger partial charge in [0.2, 0.25) is 0 Å². The van der Waals surface area contributed by atoms with Crippen molar-refractivity contribution < 1.29 is 14.3 Å². The lowest BCUT2D eigenvalue weighted by molar-refractivity contribution is -0.171. The van der Waals surface area contributed by atoms with E-state index in [4.69, 9.17) is 4.74 Å². The highest BCUT2D eigenvalue weighted by atomic mass is 16.6. The summed E-state index contributed by atoms with van der Waals surface area (Å²) in [7, 11) is 0. The monoisotopic (exact) mass is 370 g/mol. The largest absolute Gasteiger partial charge is 0.391 e. The van der Waals surface area contributed by atoms with E-state index in [0.29, 0.717) is 0 Å². The summed E-state index contributed by atoms with van der Waals surface area (Å²) in [6.07, 6.45) is 21.2. The van der Waals surface area contributed by atoms with Crippen molar-refractivity contribution in [2.24, 2.45) is 22.7 Å². The number of allylic oxidation sites excluding steroid dienone is 4. The molecule has 2 rings (SSSR count). The summed E-state index contributed by atoms with van der Waals surface area (Å²) < 4.78 is 5.59. The third-order valence-corrected chi connectivity index (χ3v) is 6.10. The molecule has 3 nitrogen and oxygen atoms in total. The first-order valence-corrected chi connectivity index (χ1v) is 10.4. The Bertz CT molecular complexity index is 599. The van der Waals surface area contributed by atoms with Crippen molar-refractivity contribution in [1.29, 1.82) is 0 Å². The standard InChI is InChI=1S/C24H34O3/c1-5-7-15-23(17-11-9-13-19(23)3)21(25)27-22(26)24(16-8-6-2)18-12-10-14-20(24)4/h7-8,11-12,15-20H,5-6,9-10,13-14H2,1-4H3. The van der Waals surface area contributed by atoms with Gasteiger partial charge in [-0.05, 0) is 50.4 Å². The van der Waals surface area contributed by atoms with Crippen LogP contribution in [-0.4, -0.2) is 11.9 Å². The van der Waals surface area contributed by atoms with Gasteiger partial charge >= 0.3 is 11.9 Å². The van der Waals surface area contributed by atoms with Gasteiger partial charge in [0, 0.05) is 0 Å². The second kappa shape index (κ2) is 9.34. The second-order valence-corrected chi connectivity index (χ2v) is 7.93. The van der Waals surface area contributed by atoms with Crippen molar-refractivity contribution in [3.8, 4) is 0 Å². The molecule has 0 aromatic rings. The maximum Gasteiger partial charge on any atom is 0.327 e. The summed E-state index contributed by atoms with van der Waals surface area (Å²) in [5, 5.41) is 0. The van der Waals surface area contributed by atoms with Crippen LogP contribution in [0.3, 0.4) is 0 Å². The first-order chi connectivity index (χ1) is 12.9. The van der Waals surface area contributed by atoms with E-state index in [1.807, 2.05) is 62.5 Å². The maximum absolute atomic E-state index is 13.2. The minimum atomic E-state index is -0.846. The fourth-order valence-electron chi connectivity index (χ4n) is 4.06.